The van der Waals surface area contributed by atoms with E-state index in [-0.39, 0.29) is 23.2 Å². The Hall–Kier alpha value is -2.25. The SMILES string of the molecule is C[C@@]1(O)CCC[C@H]1n1c(=O)c(C(F)F)nc2cnc(NC3CCN(S(C)(=O)=O)CC3)nc21. The summed E-state index contributed by atoms with van der Waals surface area (Å²) in [5.41, 5.74) is -2.98. The van der Waals surface area contributed by atoms with Crippen molar-refractivity contribution in [2.75, 3.05) is 24.7 Å². The van der Waals surface area contributed by atoms with Gasteiger partial charge in [-0.2, -0.15) is 4.98 Å². The van der Waals surface area contributed by atoms with Gasteiger partial charge in [-0.05, 0) is 39.0 Å². The van der Waals surface area contributed by atoms with E-state index in [1.807, 2.05) is 0 Å². The topological polar surface area (TPSA) is 130 Å². The van der Waals surface area contributed by atoms with Crippen molar-refractivity contribution in [1.82, 2.24) is 23.8 Å². The third-order valence-electron chi connectivity index (χ3n) is 6.31. The molecule has 1 aliphatic heterocycles. The van der Waals surface area contributed by atoms with E-state index in [0.29, 0.717) is 45.2 Å². The fraction of sp³-hybridized carbons (Fsp3) is 0.684. The van der Waals surface area contributed by atoms with Crippen LogP contribution in [-0.4, -0.2) is 68.3 Å². The number of sulfonamides is 1. The minimum atomic E-state index is -3.25. The lowest BCUT2D eigenvalue weighted by Crippen LogP contribution is -2.42. The zero-order chi connectivity index (χ0) is 23.3. The molecule has 0 aromatic carbocycles. The summed E-state index contributed by atoms with van der Waals surface area (Å²) in [5.74, 6) is 0.188. The molecule has 0 radical (unpaired) electrons. The molecular weight excluding hydrogens is 446 g/mol. The molecule has 2 aromatic rings. The number of hydrogen-bond donors (Lipinski definition) is 2. The summed E-state index contributed by atoms with van der Waals surface area (Å²) in [6.45, 7) is 2.30. The Morgan fingerprint density at radius 2 is 1.94 bits per heavy atom. The summed E-state index contributed by atoms with van der Waals surface area (Å²) >= 11 is 0. The molecule has 0 bridgehead atoms. The summed E-state index contributed by atoms with van der Waals surface area (Å²) in [6.07, 6.45) is 2.00. The molecule has 0 spiro atoms. The fourth-order valence-electron chi connectivity index (χ4n) is 4.57. The molecule has 10 nitrogen and oxygen atoms in total. The molecule has 1 saturated heterocycles. The van der Waals surface area contributed by atoms with Gasteiger partial charge >= 0.3 is 0 Å². The lowest BCUT2D eigenvalue weighted by atomic mass is 10.00. The Kier molecular flexibility index (Phi) is 5.92. The highest BCUT2D eigenvalue weighted by molar-refractivity contribution is 7.88. The first-order valence-electron chi connectivity index (χ1n) is 10.5. The van der Waals surface area contributed by atoms with E-state index < -0.39 is 39.3 Å². The van der Waals surface area contributed by atoms with Crippen molar-refractivity contribution in [3.63, 3.8) is 0 Å². The lowest BCUT2D eigenvalue weighted by Gasteiger charge is -2.31. The number of nitrogens with zero attached hydrogens (tertiary/aromatic N) is 5. The molecule has 2 fully saturated rings. The van der Waals surface area contributed by atoms with Crippen LogP contribution in [0.5, 0.6) is 0 Å². The second-order valence-electron chi connectivity index (χ2n) is 8.72. The van der Waals surface area contributed by atoms with Gasteiger partial charge in [0.25, 0.3) is 12.0 Å². The van der Waals surface area contributed by atoms with E-state index in [0.717, 1.165) is 4.57 Å². The molecule has 2 aliphatic rings. The monoisotopic (exact) mass is 472 g/mol. The first-order chi connectivity index (χ1) is 15.0. The number of fused-ring (bicyclic) bond motifs is 1. The molecule has 32 heavy (non-hydrogen) atoms. The number of alkyl halides is 2. The summed E-state index contributed by atoms with van der Waals surface area (Å²) < 4.78 is 52.9. The lowest BCUT2D eigenvalue weighted by molar-refractivity contribution is 0.0259. The van der Waals surface area contributed by atoms with Crippen LogP contribution in [-0.2, 0) is 10.0 Å². The number of anilines is 1. The van der Waals surface area contributed by atoms with E-state index in [9.17, 15) is 27.1 Å². The van der Waals surface area contributed by atoms with E-state index in [4.69, 9.17) is 0 Å². The Labute approximate surface area is 183 Å². The van der Waals surface area contributed by atoms with E-state index in [1.54, 1.807) is 6.92 Å². The Balaban J connectivity index is 1.70. The predicted octanol–water partition coefficient (Wildman–Crippen LogP) is 1.44. The number of nitrogens with one attached hydrogen (secondary N) is 1. The maximum absolute atomic E-state index is 13.5. The zero-order valence-corrected chi connectivity index (χ0v) is 18.6. The van der Waals surface area contributed by atoms with Crippen molar-refractivity contribution in [3.8, 4) is 0 Å². The first-order valence-corrected chi connectivity index (χ1v) is 12.3. The van der Waals surface area contributed by atoms with Crippen molar-refractivity contribution in [2.45, 2.75) is 63.1 Å². The van der Waals surface area contributed by atoms with Crippen LogP contribution in [0.25, 0.3) is 11.2 Å². The second-order valence-corrected chi connectivity index (χ2v) is 10.7. The summed E-state index contributed by atoms with van der Waals surface area (Å²) in [6, 6.07) is -0.799. The van der Waals surface area contributed by atoms with Gasteiger partial charge in [-0.1, -0.05) is 0 Å². The third kappa shape index (κ3) is 4.33. The van der Waals surface area contributed by atoms with E-state index in [2.05, 4.69) is 20.3 Å². The standard InChI is InChI=1S/C19H26F2N6O4S/c1-19(29)7-3-4-13(19)27-16-12(24-14(15(20)21)17(27)28)10-22-18(25-16)23-11-5-8-26(9-6-11)32(2,30)31/h10-11,13,15,29H,3-9H2,1-2H3,(H,22,23,25)/t13-,19-/m1/s1. The summed E-state index contributed by atoms with van der Waals surface area (Å²) in [5, 5.41) is 13.9. The average Bonchev–Trinajstić information content (AvgIpc) is 3.05. The third-order valence-corrected chi connectivity index (χ3v) is 7.61. The van der Waals surface area contributed by atoms with Gasteiger partial charge < -0.3 is 10.4 Å². The van der Waals surface area contributed by atoms with Crippen LogP contribution in [0.1, 0.15) is 57.2 Å². The smallest absolute Gasteiger partial charge is 0.285 e. The van der Waals surface area contributed by atoms with Gasteiger partial charge in [0, 0.05) is 19.1 Å². The van der Waals surface area contributed by atoms with Gasteiger partial charge in [0.05, 0.1) is 24.1 Å². The molecule has 2 N–H and O–H groups in total. The molecule has 1 aliphatic carbocycles. The number of hydrogen-bond acceptors (Lipinski definition) is 8. The highest BCUT2D eigenvalue weighted by Gasteiger charge is 2.40. The minimum Gasteiger partial charge on any atom is -0.388 e. The maximum atomic E-state index is 13.5. The van der Waals surface area contributed by atoms with Gasteiger partial charge in [0.15, 0.2) is 11.3 Å². The highest BCUT2D eigenvalue weighted by Crippen LogP contribution is 2.39. The highest BCUT2D eigenvalue weighted by atomic mass is 32.2. The molecule has 4 rings (SSSR count). The molecule has 176 valence electrons. The predicted molar refractivity (Wildman–Crippen MR) is 113 cm³/mol. The van der Waals surface area contributed by atoms with Crippen molar-refractivity contribution in [1.29, 1.82) is 0 Å². The van der Waals surface area contributed by atoms with Crippen LogP contribution in [0.15, 0.2) is 11.0 Å². The average molecular weight is 473 g/mol. The first kappa shape index (κ1) is 22.9. The second kappa shape index (κ2) is 8.27. The number of halogens is 2. The van der Waals surface area contributed by atoms with Crippen molar-refractivity contribution < 1.29 is 22.3 Å². The van der Waals surface area contributed by atoms with Crippen LogP contribution in [0.2, 0.25) is 0 Å². The van der Waals surface area contributed by atoms with Crippen LogP contribution < -0.4 is 10.9 Å². The van der Waals surface area contributed by atoms with Crippen LogP contribution in [0, 0.1) is 0 Å². The fourth-order valence-corrected chi connectivity index (χ4v) is 5.45. The van der Waals surface area contributed by atoms with Crippen molar-refractivity contribution in [3.05, 3.63) is 22.2 Å². The van der Waals surface area contributed by atoms with Crippen molar-refractivity contribution >= 4 is 27.1 Å². The summed E-state index contributed by atoms with van der Waals surface area (Å²) in [4.78, 5) is 25.2. The normalized spacial score (nSPS) is 25.6. The van der Waals surface area contributed by atoms with Crippen LogP contribution in [0.3, 0.4) is 0 Å². The molecule has 0 unspecified atom stereocenters. The van der Waals surface area contributed by atoms with Gasteiger partial charge in [0.1, 0.15) is 5.52 Å². The number of rotatable bonds is 5. The molecule has 2 atom stereocenters. The molecule has 0 amide bonds. The van der Waals surface area contributed by atoms with Gasteiger partial charge in [-0.15, -0.1) is 0 Å². The molecule has 1 saturated carbocycles. The molecule has 13 heteroatoms. The zero-order valence-electron chi connectivity index (χ0n) is 17.8. The molecular formula is C19H26F2N6O4S. The van der Waals surface area contributed by atoms with Crippen molar-refractivity contribution in [2.24, 2.45) is 0 Å². The van der Waals surface area contributed by atoms with Crippen LogP contribution >= 0.6 is 0 Å². The van der Waals surface area contributed by atoms with Gasteiger partial charge in [0.2, 0.25) is 16.0 Å². The summed E-state index contributed by atoms with van der Waals surface area (Å²) in [7, 11) is -3.25. The number of piperidine rings is 1. The Morgan fingerprint density at radius 3 is 2.50 bits per heavy atom. The minimum absolute atomic E-state index is 0.0417. The number of aliphatic hydroxyl groups is 1. The maximum Gasteiger partial charge on any atom is 0.285 e. The van der Waals surface area contributed by atoms with E-state index in [1.165, 1.54) is 16.8 Å². The van der Waals surface area contributed by atoms with Gasteiger partial charge in [-0.3, -0.25) is 9.36 Å². The molecule has 3 heterocycles. The van der Waals surface area contributed by atoms with Crippen LogP contribution in [0.4, 0.5) is 14.7 Å². The molecule has 2 aromatic heterocycles. The largest absolute Gasteiger partial charge is 0.388 e. The Bertz CT molecular complexity index is 1180. The van der Waals surface area contributed by atoms with E-state index >= 15 is 0 Å². The van der Waals surface area contributed by atoms with Gasteiger partial charge in [-0.25, -0.2) is 31.5 Å². The Morgan fingerprint density at radius 1 is 1.25 bits per heavy atom. The number of aromatic nitrogens is 4. The quantitative estimate of drug-likeness (QED) is 0.669.